The standard InChI is InChI=1S/C23H28ClN3O6S/c1-15(28)26-19-9-8-17(13-18(19)24)34(30,31)27(20-6-4-5-11-25-23(20)29)14-16-7-10-21(32-2)22(12-16)33-3/h7-10,12-13,20H,4-6,11,14H2,1-3H3,(H,25,29)(H,26,28). The van der Waals surface area contributed by atoms with Crippen molar-refractivity contribution in [2.24, 2.45) is 0 Å². The summed E-state index contributed by atoms with van der Waals surface area (Å²) in [5.74, 6) is 0.281. The largest absolute Gasteiger partial charge is 0.493 e. The van der Waals surface area contributed by atoms with Gasteiger partial charge in [-0.1, -0.05) is 17.7 Å². The second kappa shape index (κ2) is 11.1. The number of halogens is 1. The Labute approximate surface area is 204 Å². The maximum atomic E-state index is 13.8. The minimum atomic E-state index is -4.15. The van der Waals surface area contributed by atoms with Crippen LogP contribution in [0.3, 0.4) is 0 Å². The number of hydrogen-bond donors (Lipinski definition) is 2. The number of nitrogens with zero attached hydrogens (tertiary/aromatic N) is 1. The molecule has 1 heterocycles. The maximum Gasteiger partial charge on any atom is 0.244 e. The molecule has 1 saturated heterocycles. The fraction of sp³-hybridized carbons (Fsp3) is 0.391. The molecule has 1 fully saturated rings. The van der Waals surface area contributed by atoms with Gasteiger partial charge in [0.2, 0.25) is 21.8 Å². The van der Waals surface area contributed by atoms with E-state index >= 15 is 0 Å². The van der Waals surface area contributed by atoms with Crippen molar-refractivity contribution in [3.8, 4) is 11.5 Å². The molecular weight excluding hydrogens is 482 g/mol. The average molecular weight is 510 g/mol. The van der Waals surface area contributed by atoms with Gasteiger partial charge in [0.1, 0.15) is 6.04 Å². The topological polar surface area (TPSA) is 114 Å². The third-order valence-corrected chi connectivity index (χ3v) is 7.66. The third-order valence-electron chi connectivity index (χ3n) is 5.50. The predicted octanol–water partition coefficient (Wildman–Crippen LogP) is 3.18. The highest BCUT2D eigenvalue weighted by Crippen LogP contribution is 2.32. The summed E-state index contributed by atoms with van der Waals surface area (Å²) in [5.41, 5.74) is 0.922. The van der Waals surface area contributed by atoms with E-state index in [4.69, 9.17) is 21.1 Å². The van der Waals surface area contributed by atoms with E-state index in [9.17, 15) is 18.0 Å². The molecule has 2 N–H and O–H groups in total. The molecule has 0 saturated carbocycles. The summed E-state index contributed by atoms with van der Waals surface area (Å²) >= 11 is 6.25. The molecule has 2 aromatic rings. The molecule has 184 valence electrons. The lowest BCUT2D eigenvalue weighted by atomic mass is 10.1. The Kier molecular flexibility index (Phi) is 8.40. The van der Waals surface area contributed by atoms with E-state index in [-0.39, 0.29) is 28.3 Å². The molecule has 0 aromatic heterocycles. The molecule has 0 bridgehead atoms. The van der Waals surface area contributed by atoms with E-state index < -0.39 is 16.1 Å². The van der Waals surface area contributed by atoms with Crippen LogP contribution in [0.15, 0.2) is 41.3 Å². The Balaban J connectivity index is 2.05. The zero-order valence-electron chi connectivity index (χ0n) is 19.3. The number of ether oxygens (including phenoxy) is 2. The first-order valence-corrected chi connectivity index (χ1v) is 12.6. The number of benzene rings is 2. The number of carbonyl (C=O) groups excluding carboxylic acids is 2. The first-order chi connectivity index (χ1) is 16.2. The second-order valence-electron chi connectivity index (χ2n) is 7.87. The molecule has 34 heavy (non-hydrogen) atoms. The van der Waals surface area contributed by atoms with Crippen LogP contribution in [-0.2, 0) is 26.2 Å². The van der Waals surface area contributed by atoms with E-state index in [1.165, 1.54) is 43.6 Å². The van der Waals surface area contributed by atoms with Crippen LogP contribution in [0.1, 0.15) is 31.7 Å². The molecule has 1 aliphatic rings. The van der Waals surface area contributed by atoms with Gasteiger partial charge in [0.25, 0.3) is 0 Å². The lowest BCUT2D eigenvalue weighted by molar-refractivity contribution is -0.124. The zero-order valence-corrected chi connectivity index (χ0v) is 20.8. The van der Waals surface area contributed by atoms with Crippen molar-refractivity contribution in [1.29, 1.82) is 0 Å². The average Bonchev–Trinajstić information content (AvgIpc) is 3.02. The Bertz CT molecular complexity index is 1170. The first kappa shape index (κ1) is 25.8. The number of amides is 2. The summed E-state index contributed by atoms with van der Waals surface area (Å²) in [7, 11) is -1.14. The molecular formula is C23H28ClN3O6S. The first-order valence-electron chi connectivity index (χ1n) is 10.7. The van der Waals surface area contributed by atoms with Gasteiger partial charge in [-0.2, -0.15) is 4.31 Å². The minimum absolute atomic E-state index is 0.0637. The number of hydrogen-bond acceptors (Lipinski definition) is 6. The van der Waals surface area contributed by atoms with E-state index in [2.05, 4.69) is 10.6 Å². The monoisotopic (exact) mass is 509 g/mol. The van der Waals surface area contributed by atoms with Gasteiger partial charge in [-0.15, -0.1) is 0 Å². The highest BCUT2D eigenvalue weighted by molar-refractivity contribution is 7.89. The lowest BCUT2D eigenvalue weighted by Crippen LogP contribution is -2.48. The number of rotatable bonds is 8. The SMILES string of the molecule is COc1ccc(CN(C2CCCCNC2=O)S(=O)(=O)c2ccc(NC(C)=O)c(Cl)c2)cc1OC. The molecule has 0 radical (unpaired) electrons. The number of nitrogens with one attached hydrogen (secondary N) is 2. The molecule has 2 aromatic carbocycles. The van der Waals surface area contributed by atoms with Crippen LogP contribution in [0.5, 0.6) is 11.5 Å². The summed E-state index contributed by atoms with van der Waals surface area (Å²) in [4.78, 5) is 24.1. The lowest BCUT2D eigenvalue weighted by Gasteiger charge is -2.29. The van der Waals surface area contributed by atoms with Crippen LogP contribution in [0, 0.1) is 0 Å². The van der Waals surface area contributed by atoms with Crippen molar-refractivity contribution in [2.45, 2.75) is 43.7 Å². The molecule has 1 atom stereocenters. The number of anilines is 1. The number of methoxy groups -OCH3 is 2. The third kappa shape index (κ3) is 5.81. The molecule has 9 nitrogen and oxygen atoms in total. The van der Waals surface area contributed by atoms with Crippen LogP contribution < -0.4 is 20.1 Å². The zero-order chi connectivity index (χ0) is 24.9. The molecule has 0 aliphatic carbocycles. The Morgan fingerprint density at radius 1 is 1.15 bits per heavy atom. The normalized spacial score (nSPS) is 16.5. The van der Waals surface area contributed by atoms with Crippen molar-refractivity contribution in [2.75, 3.05) is 26.1 Å². The van der Waals surface area contributed by atoms with Crippen LogP contribution in [0.4, 0.5) is 5.69 Å². The van der Waals surface area contributed by atoms with Gasteiger partial charge in [-0.3, -0.25) is 9.59 Å². The van der Waals surface area contributed by atoms with E-state index in [1.807, 2.05) is 0 Å². The van der Waals surface area contributed by atoms with Crippen molar-refractivity contribution < 1.29 is 27.5 Å². The van der Waals surface area contributed by atoms with E-state index in [0.29, 0.717) is 42.1 Å². The fourth-order valence-corrected chi connectivity index (χ4v) is 5.73. The quantitative estimate of drug-likeness (QED) is 0.565. The highest BCUT2D eigenvalue weighted by atomic mass is 35.5. The molecule has 1 aliphatic heterocycles. The molecule has 2 amide bonds. The molecule has 11 heteroatoms. The van der Waals surface area contributed by atoms with Gasteiger partial charge in [0, 0.05) is 20.0 Å². The Morgan fingerprint density at radius 2 is 1.88 bits per heavy atom. The van der Waals surface area contributed by atoms with Gasteiger partial charge in [0.15, 0.2) is 11.5 Å². The van der Waals surface area contributed by atoms with E-state index in [0.717, 1.165) is 6.42 Å². The summed E-state index contributed by atoms with van der Waals surface area (Å²) in [6.07, 6.45) is 1.85. The van der Waals surface area contributed by atoms with Gasteiger partial charge in [-0.25, -0.2) is 8.42 Å². The fourth-order valence-electron chi connectivity index (χ4n) is 3.80. The molecule has 0 spiro atoms. The summed E-state index contributed by atoms with van der Waals surface area (Å²) < 4.78 is 39.4. The van der Waals surface area contributed by atoms with Gasteiger partial charge in [0.05, 0.1) is 29.8 Å². The minimum Gasteiger partial charge on any atom is -0.493 e. The summed E-state index contributed by atoms with van der Waals surface area (Å²) in [6.45, 7) is 1.76. The number of sulfonamides is 1. The Morgan fingerprint density at radius 3 is 2.53 bits per heavy atom. The summed E-state index contributed by atoms with van der Waals surface area (Å²) in [5, 5.41) is 5.43. The smallest absolute Gasteiger partial charge is 0.244 e. The van der Waals surface area contributed by atoms with Crippen LogP contribution in [0.2, 0.25) is 5.02 Å². The predicted molar refractivity (Wildman–Crippen MR) is 129 cm³/mol. The van der Waals surface area contributed by atoms with Gasteiger partial charge in [-0.05, 0) is 55.2 Å². The van der Waals surface area contributed by atoms with Crippen molar-refractivity contribution in [3.05, 3.63) is 47.0 Å². The summed E-state index contributed by atoms with van der Waals surface area (Å²) in [6, 6.07) is 8.27. The number of carbonyl (C=O) groups is 2. The van der Waals surface area contributed by atoms with E-state index in [1.54, 1.807) is 18.2 Å². The van der Waals surface area contributed by atoms with Crippen LogP contribution in [0.25, 0.3) is 0 Å². The van der Waals surface area contributed by atoms with Crippen molar-refractivity contribution in [1.82, 2.24) is 9.62 Å². The second-order valence-corrected chi connectivity index (χ2v) is 10.2. The highest BCUT2D eigenvalue weighted by Gasteiger charge is 2.37. The maximum absolute atomic E-state index is 13.8. The van der Waals surface area contributed by atoms with Crippen LogP contribution >= 0.6 is 11.6 Å². The van der Waals surface area contributed by atoms with Crippen molar-refractivity contribution in [3.63, 3.8) is 0 Å². The molecule has 3 rings (SSSR count). The Hall–Kier alpha value is -2.82. The molecule has 1 unspecified atom stereocenters. The van der Waals surface area contributed by atoms with Gasteiger partial charge < -0.3 is 20.1 Å². The van der Waals surface area contributed by atoms with Gasteiger partial charge >= 0.3 is 0 Å². The van der Waals surface area contributed by atoms with Crippen LogP contribution in [-0.4, -0.2) is 51.3 Å². The van der Waals surface area contributed by atoms with Crippen molar-refractivity contribution >= 4 is 39.1 Å².